The van der Waals surface area contributed by atoms with E-state index in [9.17, 15) is 4.79 Å². The number of carbonyl (C=O) groups is 1. The summed E-state index contributed by atoms with van der Waals surface area (Å²) in [4.78, 5) is 12.8. The zero-order chi connectivity index (χ0) is 22.4. The van der Waals surface area contributed by atoms with Gasteiger partial charge in [0, 0.05) is 5.70 Å². The molecule has 0 aromatic heterocycles. The first-order valence-electron chi connectivity index (χ1n) is 10.2. The van der Waals surface area contributed by atoms with Crippen molar-refractivity contribution in [2.45, 2.75) is 33.4 Å². The summed E-state index contributed by atoms with van der Waals surface area (Å²) in [6.07, 6.45) is 0. The van der Waals surface area contributed by atoms with Crippen molar-refractivity contribution in [3.05, 3.63) is 70.9 Å². The van der Waals surface area contributed by atoms with Crippen molar-refractivity contribution in [3.63, 3.8) is 0 Å². The normalized spacial score (nSPS) is 15.9. The molecule has 6 nitrogen and oxygen atoms in total. The highest BCUT2D eigenvalue weighted by Gasteiger charge is 2.31. The van der Waals surface area contributed by atoms with E-state index >= 15 is 0 Å². The number of rotatable bonds is 8. The molecular formula is C24H28N2O4S. The molecule has 1 heterocycles. The average Bonchev–Trinajstić information content (AvgIpc) is 2.76. The second-order valence-corrected chi connectivity index (χ2v) is 8.16. The molecular weight excluding hydrogens is 412 g/mol. The van der Waals surface area contributed by atoms with Crippen LogP contribution in [0, 0.1) is 5.92 Å². The van der Waals surface area contributed by atoms with Gasteiger partial charge in [-0.3, -0.25) is 0 Å². The lowest BCUT2D eigenvalue weighted by Gasteiger charge is -2.30. The number of esters is 1. The molecule has 0 unspecified atom stereocenters. The van der Waals surface area contributed by atoms with Crippen LogP contribution in [0.5, 0.6) is 11.5 Å². The van der Waals surface area contributed by atoms with Gasteiger partial charge in [0.05, 0.1) is 25.3 Å². The van der Waals surface area contributed by atoms with Crippen LogP contribution >= 0.6 is 12.2 Å². The smallest absolute Gasteiger partial charge is 0.338 e. The molecule has 0 fully saturated rings. The highest BCUT2D eigenvalue weighted by molar-refractivity contribution is 7.80. The molecule has 31 heavy (non-hydrogen) atoms. The highest BCUT2D eigenvalue weighted by Crippen LogP contribution is 2.35. The number of methoxy groups -OCH3 is 1. The number of hydrogen-bond donors (Lipinski definition) is 2. The molecule has 0 amide bonds. The van der Waals surface area contributed by atoms with Gasteiger partial charge in [-0.1, -0.05) is 50.2 Å². The fourth-order valence-electron chi connectivity index (χ4n) is 3.25. The number of carbonyl (C=O) groups excluding carboxylic acids is 1. The summed E-state index contributed by atoms with van der Waals surface area (Å²) in [7, 11) is 1.59. The van der Waals surface area contributed by atoms with Crippen LogP contribution in [0.15, 0.2) is 59.8 Å². The van der Waals surface area contributed by atoms with Gasteiger partial charge < -0.3 is 24.8 Å². The Bertz CT molecular complexity index is 973. The van der Waals surface area contributed by atoms with Crippen molar-refractivity contribution >= 4 is 23.3 Å². The Morgan fingerprint density at radius 2 is 1.87 bits per heavy atom. The molecule has 7 heteroatoms. The van der Waals surface area contributed by atoms with Crippen molar-refractivity contribution in [1.82, 2.24) is 10.6 Å². The van der Waals surface area contributed by atoms with Gasteiger partial charge >= 0.3 is 5.97 Å². The number of ether oxygens (including phenoxy) is 3. The Morgan fingerprint density at radius 1 is 1.13 bits per heavy atom. The third kappa shape index (κ3) is 5.76. The molecule has 1 atom stereocenters. The van der Waals surface area contributed by atoms with Crippen molar-refractivity contribution < 1.29 is 19.0 Å². The van der Waals surface area contributed by atoms with Crippen LogP contribution in [0.4, 0.5) is 0 Å². The first kappa shape index (κ1) is 22.6. The molecule has 2 N–H and O–H groups in total. The van der Waals surface area contributed by atoms with Crippen molar-refractivity contribution in [3.8, 4) is 11.5 Å². The summed E-state index contributed by atoms with van der Waals surface area (Å²) < 4.78 is 17.0. The lowest BCUT2D eigenvalue weighted by Crippen LogP contribution is -2.45. The fourth-order valence-corrected chi connectivity index (χ4v) is 3.52. The first-order chi connectivity index (χ1) is 14.9. The summed E-state index contributed by atoms with van der Waals surface area (Å²) in [6.45, 7) is 6.59. The minimum absolute atomic E-state index is 0.245. The molecule has 2 aromatic rings. The van der Waals surface area contributed by atoms with E-state index in [1.807, 2.05) is 69.3 Å². The number of allylic oxidation sites excluding steroid dienone is 1. The zero-order valence-electron chi connectivity index (χ0n) is 18.2. The van der Waals surface area contributed by atoms with E-state index < -0.39 is 6.04 Å². The molecule has 2 aromatic carbocycles. The van der Waals surface area contributed by atoms with E-state index in [2.05, 4.69) is 10.6 Å². The Kier molecular flexibility index (Phi) is 7.52. The maximum atomic E-state index is 12.8. The maximum Gasteiger partial charge on any atom is 0.338 e. The lowest BCUT2D eigenvalue weighted by molar-refractivity contribution is -0.140. The summed E-state index contributed by atoms with van der Waals surface area (Å²) in [5.41, 5.74) is 3.05. The van der Waals surface area contributed by atoms with Crippen LogP contribution in [-0.4, -0.2) is 24.8 Å². The molecule has 1 aliphatic rings. The topological polar surface area (TPSA) is 68.8 Å². The third-order valence-electron chi connectivity index (χ3n) is 4.79. The van der Waals surface area contributed by atoms with E-state index in [1.165, 1.54) is 0 Å². The molecule has 0 saturated heterocycles. The van der Waals surface area contributed by atoms with Crippen LogP contribution in [0.25, 0.3) is 0 Å². The van der Waals surface area contributed by atoms with Gasteiger partial charge in [-0.2, -0.15) is 0 Å². The van der Waals surface area contributed by atoms with Crippen LogP contribution in [0.2, 0.25) is 0 Å². The number of nitrogens with one attached hydrogen (secondary N) is 2. The molecule has 0 bridgehead atoms. The first-order valence-corrected chi connectivity index (χ1v) is 10.6. The highest BCUT2D eigenvalue weighted by atomic mass is 32.1. The Morgan fingerprint density at radius 3 is 2.55 bits per heavy atom. The number of benzene rings is 2. The molecule has 1 aliphatic heterocycles. The minimum Gasteiger partial charge on any atom is -0.493 e. The molecule has 0 radical (unpaired) electrons. The van der Waals surface area contributed by atoms with Crippen LogP contribution in [-0.2, 0) is 16.1 Å². The Balaban J connectivity index is 1.85. The molecule has 0 aliphatic carbocycles. The number of hydrogen-bond acceptors (Lipinski definition) is 5. The monoisotopic (exact) mass is 440 g/mol. The van der Waals surface area contributed by atoms with Gasteiger partial charge in [-0.05, 0) is 48.3 Å². The lowest BCUT2D eigenvalue weighted by atomic mass is 9.95. The van der Waals surface area contributed by atoms with Crippen molar-refractivity contribution in [2.24, 2.45) is 5.92 Å². The van der Waals surface area contributed by atoms with Gasteiger partial charge in [-0.25, -0.2) is 4.79 Å². The minimum atomic E-state index is -0.453. The standard InChI is InChI=1S/C24H28N2O4S/c1-15(2)13-30-23(27)21-16(3)25-24(31)26-22(21)18-10-11-19(20(12-18)28-4)29-14-17-8-6-5-7-9-17/h5-12,15,22H,13-14H2,1-4H3,(H2,25,26,31)/t22-/m1/s1. The second kappa shape index (κ2) is 10.3. The van der Waals surface area contributed by atoms with E-state index in [0.717, 1.165) is 11.1 Å². The number of thiocarbonyl (C=S) groups is 1. The molecule has 3 rings (SSSR count). The van der Waals surface area contributed by atoms with E-state index in [4.69, 9.17) is 26.4 Å². The summed E-state index contributed by atoms with van der Waals surface area (Å²) in [6, 6.07) is 15.1. The van der Waals surface area contributed by atoms with E-state index in [-0.39, 0.29) is 11.9 Å². The fraction of sp³-hybridized carbons (Fsp3) is 0.333. The SMILES string of the molecule is COc1cc([C@H]2NC(=S)NC(C)=C2C(=O)OCC(C)C)ccc1OCc1ccccc1. The van der Waals surface area contributed by atoms with Gasteiger partial charge in [0.1, 0.15) is 6.61 Å². The van der Waals surface area contributed by atoms with Crippen LogP contribution < -0.4 is 20.1 Å². The largest absolute Gasteiger partial charge is 0.493 e. The van der Waals surface area contributed by atoms with Crippen LogP contribution in [0.1, 0.15) is 37.9 Å². The van der Waals surface area contributed by atoms with Gasteiger partial charge in [0.25, 0.3) is 0 Å². The summed E-state index contributed by atoms with van der Waals surface area (Å²) >= 11 is 5.32. The Hall–Kier alpha value is -3.06. The summed E-state index contributed by atoms with van der Waals surface area (Å²) in [5, 5.41) is 6.65. The van der Waals surface area contributed by atoms with Gasteiger partial charge in [0.2, 0.25) is 0 Å². The molecule has 0 spiro atoms. The van der Waals surface area contributed by atoms with E-state index in [1.54, 1.807) is 7.11 Å². The zero-order valence-corrected chi connectivity index (χ0v) is 19.0. The predicted molar refractivity (Wildman–Crippen MR) is 124 cm³/mol. The molecule has 0 saturated carbocycles. The summed E-state index contributed by atoms with van der Waals surface area (Å²) in [5.74, 6) is 1.07. The van der Waals surface area contributed by atoms with Crippen LogP contribution in [0.3, 0.4) is 0 Å². The van der Waals surface area contributed by atoms with Crippen molar-refractivity contribution in [1.29, 1.82) is 0 Å². The van der Waals surface area contributed by atoms with E-state index in [0.29, 0.717) is 41.1 Å². The van der Waals surface area contributed by atoms with Gasteiger partial charge in [-0.15, -0.1) is 0 Å². The average molecular weight is 441 g/mol. The maximum absolute atomic E-state index is 12.8. The Labute approximate surface area is 188 Å². The van der Waals surface area contributed by atoms with Gasteiger partial charge in [0.15, 0.2) is 16.6 Å². The van der Waals surface area contributed by atoms with Crippen molar-refractivity contribution in [2.75, 3.05) is 13.7 Å². The second-order valence-electron chi connectivity index (χ2n) is 7.75. The molecule has 164 valence electrons. The quantitative estimate of drug-likeness (QED) is 0.469. The predicted octanol–water partition coefficient (Wildman–Crippen LogP) is 4.27. The third-order valence-corrected chi connectivity index (χ3v) is 5.01.